The zero-order chi connectivity index (χ0) is 26.2. The van der Waals surface area contributed by atoms with Crippen molar-refractivity contribution < 1.29 is 28.5 Å². The Morgan fingerprint density at radius 2 is 1.74 bits per heavy atom. The Kier molecular flexibility index (Phi) is 6.07. The molecule has 2 aliphatic heterocycles. The first-order valence-corrected chi connectivity index (χ1v) is 12.4. The third-order valence-electron chi connectivity index (χ3n) is 7.14. The molecule has 4 aromatic rings. The van der Waals surface area contributed by atoms with Gasteiger partial charge in [-0.2, -0.15) is 0 Å². The van der Waals surface area contributed by atoms with E-state index in [0.717, 1.165) is 28.8 Å². The number of benzene rings is 3. The Balaban J connectivity index is 1.39. The average Bonchev–Trinajstić information content (AvgIpc) is 3.58. The van der Waals surface area contributed by atoms with Crippen LogP contribution >= 0.6 is 0 Å². The number of ether oxygens (including phenoxy) is 5. The zero-order valence-electron chi connectivity index (χ0n) is 21.4. The van der Waals surface area contributed by atoms with Crippen molar-refractivity contribution in [2.24, 2.45) is 0 Å². The van der Waals surface area contributed by atoms with Crippen LogP contribution in [-0.4, -0.2) is 50.5 Å². The first kappa shape index (κ1) is 23.8. The molecule has 0 spiro atoms. The van der Waals surface area contributed by atoms with E-state index >= 15 is 0 Å². The van der Waals surface area contributed by atoms with Gasteiger partial charge in [-0.05, 0) is 59.5 Å². The summed E-state index contributed by atoms with van der Waals surface area (Å²) in [6.45, 7) is 0.771. The first-order chi connectivity index (χ1) is 18.6. The fourth-order valence-electron chi connectivity index (χ4n) is 5.37. The lowest BCUT2D eigenvalue weighted by Gasteiger charge is -2.35. The number of hydrogen-bond acceptors (Lipinski definition) is 6. The van der Waals surface area contributed by atoms with Crippen molar-refractivity contribution in [1.82, 2.24) is 9.88 Å². The summed E-state index contributed by atoms with van der Waals surface area (Å²) in [7, 11) is 4.69. The van der Waals surface area contributed by atoms with Gasteiger partial charge in [-0.3, -0.25) is 4.79 Å². The normalized spacial score (nSPS) is 16.1. The molecule has 8 heteroatoms. The number of hydrogen-bond donors (Lipinski definition) is 1. The van der Waals surface area contributed by atoms with Crippen LogP contribution in [0.2, 0.25) is 0 Å². The number of methoxy groups -OCH3 is 3. The van der Waals surface area contributed by atoms with Gasteiger partial charge in [-0.25, -0.2) is 0 Å². The highest BCUT2D eigenvalue weighted by Gasteiger charge is 2.34. The van der Waals surface area contributed by atoms with Crippen LogP contribution in [0.1, 0.15) is 28.4 Å². The van der Waals surface area contributed by atoms with Gasteiger partial charge in [0.15, 0.2) is 23.0 Å². The Hall–Kier alpha value is -4.59. The predicted octanol–water partition coefficient (Wildman–Crippen LogP) is 5.11. The number of H-pyrrole nitrogens is 1. The molecule has 0 bridgehead atoms. The van der Waals surface area contributed by atoms with Crippen LogP contribution in [0.15, 0.2) is 60.7 Å². The van der Waals surface area contributed by atoms with Gasteiger partial charge in [-0.15, -0.1) is 0 Å². The number of para-hydroxylation sites is 1. The average molecular weight is 513 g/mol. The zero-order valence-corrected chi connectivity index (χ0v) is 21.4. The number of rotatable bonds is 6. The van der Waals surface area contributed by atoms with Crippen molar-refractivity contribution in [2.45, 2.75) is 12.5 Å². The summed E-state index contributed by atoms with van der Waals surface area (Å²) in [5, 5.41) is 1.19. The van der Waals surface area contributed by atoms with Crippen molar-refractivity contribution in [2.75, 3.05) is 34.7 Å². The van der Waals surface area contributed by atoms with E-state index in [9.17, 15) is 4.79 Å². The number of nitrogens with zero attached hydrogens (tertiary/aromatic N) is 1. The molecule has 0 radical (unpaired) electrons. The van der Waals surface area contributed by atoms with Gasteiger partial charge in [0, 0.05) is 29.2 Å². The lowest BCUT2D eigenvalue weighted by atomic mass is 9.92. The van der Waals surface area contributed by atoms with Gasteiger partial charge in [0.2, 0.25) is 18.4 Å². The molecule has 3 heterocycles. The lowest BCUT2D eigenvalue weighted by Crippen LogP contribution is -2.39. The van der Waals surface area contributed by atoms with E-state index in [4.69, 9.17) is 23.7 Å². The van der Waals surface area contributed by atoms with Crippen LogP contribution in [0.3, 0.4) is 0 Å². The molecule has 3 aromatic carbocycles. The summed E-state index contributed by atoms with van der Waals surface area (Å²) < 4.78 is 27.5. The molecule has 0 aliphatic carbocycles. The van der Waals surface area contributed by atoms with Gasteiger partial charge < -0.3 is 33.6 Å². The Morgan fingerprint density at radius 1 is 0.974 bits per heavy atom. The largest absolute Gasteiger partial charge is 0.493 e. The van der Waals surface area contributed by atoms with E-state index in [1.807, 2.05) is 47.4 Å². The van der Waals surface area contributed by atoms with E-state index < -0.39 is 0 Å². The summed E-state index contributed by atoms with van der Waals surface area (Å²) in [5.41, 5.74) is 5.03. The van der Waals surface area contributed by atoms with Crippen molar-refractivity contribution in [3.8, 4) is 28.7 Å². The van der Waals surface area contributed by atoms with Crippen LogP contribution in [0, 0.1) is 0 Å². The van der Waals surface area contributed by atoms with Crippen LogP contribution in [0.25, 0.3) is 17.0 Å². The highest BCUT2D eigenvalue weighted by molar-refractivity contribution is 5.93. The van der Waals surface area contributed by atoms with Crippen molar-refractivity contribution in [3.63, 3.8) is 0 Å². The molecule has 0 saturated carbocycles. The fraction of sp³-hybridized carbons (Fsp3) is 0.233. The molecule has 0 fully saturated rings. The van der Waals surface area contributed by atoms with E-state index in [2.05, 4.69) is 17.1 Å². The molecule has 6 rings (SSSR count). The lowest BCUT2D eigenvalue weighted by molar-refractivity contribution is -0.128. The van der Waals surface area contributed by atoms with Gasteiger partial charge in [0.05, 0.1) is 27.4 Å². The van der Waals surface area contributed by atoms with E-state index in [1.54, 1.807) is 33.5 Å². The van der Waals surface area contributed by atoms with Crippen molar-refractivity contribution in [3.05, 3.63) is 83.1 Å². The summed E-state index contributed by atoms with van der Waals surface area (Å²) in [6.07, 6.45) is 4.11. The number of carbonyl (C=O) groups excluding carboxylic acids is 1. The molecular weight excluding hydrogens is 484 g/mol. The monoisotopic (exact) mass is 512 g/mol. The SMILES string of the molecule is COc1cc(/C=C/C(=O)N2CCc3c([nH]c4ccccc34)C2c2ccc3c(c2)OCO3)cc(OC)c1OC. The smallest absolute Gasteiger partial charge is 0.247 e. The van der Waals surface area contributed by atoms with Crippen LogP contribution < -0.4 is 23.7 Å². The highest BCUT2D eigenvalue weighted by Crippen LogP contribution is 2.42. The Labute approximate surface area is 220 Å². The predicted molar refractivity (Wildman–Crippen MR) is 143 cm³/mol. The molecule has 2 aliphatic rings. The summed E-state index contributed by atoms with van der Waals surface area (Å²) in [4.78, 5) is 19.2. The van der Waals surface area contributed by atoms with Crippen molar-refractivity contribution >= 4 is 22.9 Å². The van der Waals surface area contributed by atoms with Gasteiger partial charge >= 0.3 is 0 Å². The second-order valence-electron chi connectivity index (χ2n) is 9.15. The first-order valence-electron chi connectivity index (χ1n) is 12.4. The van der Waals surface area contributed by atoms with Crippen molar-refractivity contribution in [1.29, 1.82) is 0 Å². The molecule has 1 atom stereocenters. The van der Waals surface area contributed by atoms with Crippen LogP contribution in [0.4, 0.5) is 0 Å². The number of aromatic amines is 1. The molecule has 8 nitrogen and oxygen atoms in total. The van der Waals surface area contributed by atoms with Gasteiger partial charge in [0.25, 0.3) is 0 Å². The Bertz CT molecular complexity index is 1530. The number of nitrogens with one attached hydrogen (secondary N) is 1. The standard InChI is InChI=1S/C30H28N2O6/c1-34-25-14-18(15-26(35-2)30(25)36-3)8-11-27(33)32-13-12-21-20-6-4-5-7-22(20)31-28(21)29(32)19-9-10-23-24(16-19)38-17-37-23/h4-11,14-16,29,31H,12-13,17H2,1-3H3/b11-8+. The summed E-state index contributed by atoms with van der Waals surface area (Å²) in [6, 6.07) is 17.5. The van der Waals surface area contributed by atoms with E-state index in [0.29, 0.717) is 35.3 Å². The van der Waals surface area contributed by atoms with Gasteiger partial charge in [0.1, 0.15) is 0 Å². The molecule has 194 valence electrons. The minimum Gasteiger partial charge on any atom is -0.493 e. The number of fused-ring (bicyclic) bond motifs is 4. The minimum absolute atomic E-state index is 0.106. The van der Waals surface area contributed by atoms with E-state index in [1.165, 1.54) is 10.9 Å². The van der Waals surface area contributed by atoms with E-state index in [-0.39, 0.29) is 18.7 Å². The highest BCUT2D eigenvalue weighted by atomic mass is 16.7. The maximum absolute atomic E-state index is 13.7. The second kappa shape index (κ2) is 9.70. The maximum atomic E-state index is 13.7. The molecular formula is C30H28N2O6. The number of aromatic nitrogens is 1. The molecule has 1 N–H and O–H groups in total. The third-order valence-corrected chi connectivity index (χ3v) is 7.14. The van der Waals surface area contributed by atoms with Crippen LogP contribution in [-0.2, 0) is 11.2 Å². The fourth-order valence-corrected chi connectivity index (χ4v) is 5.37. The summed E-state index contributed by atoms with van der Waals surface area (Å²) in [5.74, 6) is 2.85. The third kappa shape index (κ3) is 3.98. The molecule has 0 saturated heterocycles. The number of carbonyl (C=O) groups is 1. The Morgan fingerprint density at radius 3 is 2.50 bits per heavy atom. The quantitative estimate of drug-likeness (QED) is 0.362. The van der Waals surface area contributed by atoms with Gasteiger partial charge in [-0.1, -0.05) is 24.3 Å². The maximum Gasteiger partial charge on any atom is 0.247 e. The molecule has 1 amide bonds. The topological polar surface area (TPSA) is 82.3 Å². The summed E-state index contributed by atoms with van der Waals surface area (Å²) >= 11 is 0. The van der Waals surface area contributed by atoms with Crippen LogP contribution in [0.5, 0.6) is 28.7 Å². The number of amides is 1. The molecule has 1 aromatic heterocycles. The minimum atomic E-state index is -0.308. The molecule has 38 heavy (non-hydrogen) atoms. The second-order valence-corrected chi connectivity index (χ2v) is 9.15. The molecule has 1 unspecified atom stereocenters.